The van der Waals surface area contributed by atoms with Crippen molar-refractivity contribution in [3.63, 3.8) is 0 Å². The molecule has 0 bridgehead atoms. The molecule has 0 spiro atoms. The molecule has 1 aliphatic heterocycles. The normalized spacial score (nSPS) is 37.7. The molecule has 0 aromatic rings. The van der Waals surface area contributed by atoms with Gasteiger partial charge in [0, 0.05) is 12.6 Å². The molecular weight excluding hydrogens is 232 g/mol. The monoisotopic (exact) mass is 266 g/mol. The highest BCUT2D eigenvalue weighted by molar-refractivity contribution is 4.86. The summed E-state index contributed by atoms with van der Waals surface area (Å²) in [6.07, 6.45) is 7.07. The van der Waals surface area contributed by atoms with Crippen molar-refractivity contribution in [2.75, 3.05) is 26.7 Å². The van der Waals surface area contributed by atoms with E-state index < -0.39 is 0 Å². The van der Waals surface area contributed by atoms with Gasteiger partial charge in [-0.15, -0.1) is 0 Å². The zero-order chi connectivity index (χ0) is 13.8. The Balaban J connectivity index is 1.81. The van der Waals surface area contributed by atoms with Crippen LogP contribution in [-0.2, 0) is 0 Å². The predicted molar refractivity (Wildman–Crippen MR) is 83.4 cm³/mol. The third-order valence-corrected chi connectivity index (χ3v) is 5.41. The predicted octanol–water partition coefficient (Wildman–Crippen LogP) is 3.38. The zero-order valence-electron chi connectivity index (χ0n) is 13.5. The Morgan fingerprint density at radius 1 is 1.21 bits per heavy atom. The summed E-state index contributed by atoms with van der Waals surface area (Å²) in [6, 6.07) is 0.774. The van der Waals surface area contributed by atoms with E-state index in [9.17, 15) is 0 Å². The van der Waals surface area contributed by atoms with Crippen LogP contribution in [0.25, 0.3) is 0 Å². The third kappa shape index (κ3) is 4.46. The largest absolute Gasteiger partial charge is 0.313 e. The highest BCUT2D eigenvalue weighted by Gasteiger charge is 2.31. The van der Waals surface area contributed by atoms with Crippen LogP contribution in [0.2, 0.25) is 0 Å². The number of nitrogens with zero attached hydrogens (tertiary/aromatic N) is 1. The molecule has 19 heavy (non-hydrogen) atoms. The standard InChI is InChI=1S/C17H34N2/c1-13(2)16-8-7-14(3)10-17(16)18-11-15-6-5-9-19(4)12-15/h13-18H,5-12H2,1-4H3. The lowest BCUT2D eigenvalue weighted by Crippen LogP contribution is -2.46. The fourth-order valence-corrected chi connectivity index (χ4v) is 4.19. The second kappa shape index (κ2) is 7.08. The smallest absolute Gasteiger partial charge is 0.0100 e. The molecule has 0 aromatic carbocycles. The van der Waals surface area contributed by atoms with Gasteiger partial charge in [0.15, 0.2) is 0 Å². The number of rotatable bonds is 4. The second-order valence-electron chi connectivity index (χ2n) is 7.61. The van der Waals surface area contributed by atoms with E-state index in [1.165, 1.54) is 51.7 Å². The van der Waals surface area contributed by atoms with E-state index in [0.717, 1.165) is 29.7 Å². The fraction of sp³-hybridized carbons (Fsp3) is 1.00. The summed E-state index contributed by atoms with van der Waals surface area (Å²) in [5.41, 5.74) is 0. The van der Waals surface area contributed by atoms with Crippen LogP contribution in [-0.4, -0.2) is 37.6 Å². The van der Waals surface area contributed by atoms with Crippen LogP contribution in [0.5, 0.6) is 0 Å². The lowest BCUT2D eigenvalue weighted by atomic mass is 9.74. The SMILES string of the molecule is CC1CCC(C(C)C)C(NCC2CCCN(C)C2)C1. The number of hydrogen-bond donors (Lipinski definition) is 1. The minimum absolute atomic E-state index is 0.774. The second-order valence-corrected chi connectivity index (χ2v) is 7.61. The number of likely N-dealkylation sites (tertiary alicyclic amines) is 1. The van der Waals surface area contributed by atoms with Crippen molar-refractivity contribution in [2.45, 2.75) is 58.9 Å². The topological polar surface area (TPSA) is 15.3 Å². The molecule has 112 valence electrons. The van der Waals surface area contributed by atoms with Crippen molar-refractivity contribution >= 4 is 0 Å². The molecule has 1 saturated carbocycles. The van der Waals surface area contributed by atoms with Gasteiger partial charge in [0.25, 0.3) is 0 Å². The van der Waals surface area contributed by atoms with E-state index in [1.807, 2.05) is 0 Å². The van der Waals surface area contributed by atoms with E-state index in [-0.39, 0.29) is 0 Å². The Hall–Kier alpha value is -0.0800. The molecule has 2 nitrogen and oxygen atoms in total. The lowest BCUT2D eigenvalue weighted by Gasteiger charge is -2.39. The minimum Gasteiger partial charge on any atom is -0.313 e. The molecule has 2 heteroatoms. The fourth-order valence-electron chi connectivity index (χ4n) is 4.19. The van der Waals surface area contributed by atoms with Gasteiger partial charge in [-0.3, -0.25) is 0 Å². The van der Waals surface area contributed by atoms with Gasteiger partial charge in [-0.2, -0.15) is 0 Å². The Labute approximate surface area is 120 Å². The first-order chi connectivity index (χ1) is 9.06. The summed E-state index contributed by atoms with van der Waals surface area (Å²) in [7, 11) is 2.27. The molecule has 1 saturated heterocycles. The highest BCUT2D eigenvalue weighted by atomic mass is 15.1. The van der Waals surface area contributed by atoms with Crippen molar-refractivity contribution in [1.82, 2.24) is 10.2 Å². The van der Waals surface area contributed by atoms with Gasteiger partial charge >= 0.3 is 0 Å². The molecule has 0 radical (unpaired) electrons. The van der Waals surface area contributed by atoms with Gasteiger partial charge in [0.1, 0.15) is 0 Å². The van der Waals surface area contributed by atoms with Crippen LogP contribution in [0.3, 0.4) is 0 Å². The molecule has 0 aromatic heterocycles. The summed E-state index contributed by atoms with van der Waals surface area (Å²) in [5, 5.41) is 3.95. The van der Waals surface area contributed by atoms with Crippen molar-refractivity contribution in [2.24, 2.45) is 23.7 Å². The van der Waals surface area contributed by atoms with E-state index in [1.54, 1.807) is 0 Å². The highest BCUT2D eigenvalue weighted by Crippen LogP contribution is 2.33. The van der Waals surface area contributed by atoms with Gasteiger partial charge in [0.2, 0.25) is 0 Å². The van der Waals surface area contributed by atoms with Gasteiger partial charge in [-0.1, -0.05) is 27.2 Å². The number of hydrogen-bond acceptors (Lipinski definition) is 2. The van der Waals surface area contributed by atoms with Crippen molar-refractivity contribution < 1.29 is 0 Å². The van der Waals surface area contributed by atoms with Gasteiger partial charge < -0.3 is 10.2 Å². The van der Waals surface area contributed by atoms with Crippen molar-refractivity contribution in [1.29, 1.82) is 0 Å². The number of piperidine rings is 1. The van der Waals surface area contributed by atoms with Crippen molar-refractivity contribution in [3.8, 4) is 0 Å². The molecule has 2 rings (SSSR count). The Kier molecular flexibility index (Phi) is 5.70. The van der Waals surface area contributed by atoms with Crippen LogP contribution in [0, 0.1) is 23.7 Å². The molecule has 2 fully saturated rings. The van der Waals surface area contributed by atoms with Crippen LogP contribution in [0.15, 0.2) is 0 Å². The van der Waals surface area contributed by atoms with Crippen LogP contribution in [0.4, 0.5) is 0 Å². The van der Waals surface area contributed by atoms with Gasteiger partial charge in [-0.05, 0) is 69.5 Å². The first-order valence-electron chi connectivity index (χ1n) is 8.48. The average molecular weight is 266 g/mol. The van der Waals surface area contributed by atoms with Gasteiger partial charge in [0.05, 0.1) is 0 Å². The summed E-state index contributed by atoms with van der Waals surface area (Å²) < 4.78 is 0. The maximum atomic E-state index is 3.95. The first kappa shape index (κ1) is 15.3. The van der Waals surface area contributed by atoms with E-state index in [0.29, 0.717) is 0 Å². The number of nitrogens with one attached hydrogen (secondary N) is 1. The lowest BCUT2D eigenvalue weighted by molar-refractivity contribution is 0.150. The van der Waals surface area contributed by atoms with E-state index in [2.05, 4.69) is 38.0 Å². The third-order valence-electron chi connectivity index (χ3n) is 5.41. The van der Waals surface area contributed by atoms with Crippen LogP contribution in [0.1, 0.15) is 52.9 Å². The molecule has 1 heterocycles. The molecule has 1 N–H and O–H groups in total. The molecule has 1 aliphatic carbocycles. The quantitative estimate of drug-likeness (QED) is 0.839. The summed E-state index contributed by atoms with van der Waals surface area (Å²) >= 11 is 0. The van der Waals surface area contributed by atoms with Crippen LogP contribution < -0.4 is 5.32 Å². The summed E-state index contributed by atoms with van der Waals surface area (Å²) in [4.78, 5) is 2.50. The zero-order valence-corrected chi connectivity index (χ0v) is 13.5. The molecule has 4 unspecified atom stereocenters. The average Bonchev–Trinajstić information content (AvgIpc) is 2.36. The first-order valence-corrected chi connectivity index (χ1v) is 8.48. The Morgan fingerprint density at radius 2 is 2.00 bits per heavy atom. The summed E-state index contributed by atoms with van der Waals surface area (Å²) in [6.45, 7) is 11.1. The molecular formula is C17H34N2. The van der Waals surface area contributed by atoms with E-state index in [4.69, 9.17) is 0 Å². The minimum atomic E-state index is 0.774. The molecule has 0 amide bonds. The molecule has 4 atom stereocenters. The maximum absolute atomic E-state index is 3.95. The van der Waals surface area contributed by atoms with Crippen LogP contribution >= 0.6 is 0 Å². The Morgan fingerprint density at radius 3 is 2.68 bits per heavy atom. The molecule has 2 aliphatic rings. The van der Waals surface area contributed by atoms with E-state index >= 15 is 0 Å². The maximum Gasteiger partial charge on any atom is 0.0100 e. The Bertz CT molecular complexity index is 264. The van der Waals surface area contributed by atoms with Gasteiger partial charge in [-0.25, -0.2) is 0 Å². The van der Waals surface area contributed by atoms with Crippen molar-refractivity contribution in [3.05, 3.63) is 0 Å². The summed E-state index contributed by atoms with van der Waals surface area (Å²) in [5.74, 6) is 3.53.